The van der Waals surface area contributed by atoms with Crippen LogP contribution in [-0.2, 0) is 14.4 Å². The maximum absolute atomic E-state index is 11.4. The molecule has 1 atom stereocenters. The molecule has 6 nitrogen and oxygen atoms in total. The first-order chi connectivity index (χ1) is 7.61. The Morgan fingerprint density at radius 2 is 2.00 bits per heavy atom. The lowest BCUT2D eigenvalue weighted by atomic mass is 10.1. The van der Waals surface area contributed by atoms with Gasteiger partial charge < -0.3 is 16.0 Å². The Morgan fingerprint density at radius 3 is 2.50 bits per heavy atom. The van der Waals surface area contributed by atoms with Gasteiger partial charge in [-0.25, -0.2) is 0 Å². The van der Waals surface area contributed by atoms with Crippen LogP contribution in [0.2, 0.25) is 0 Å². The lowest BCUT2D eigenvalue weighted by Gasteiger charge is -2.15. The van der Waals surface area contributed by atoms with E-state index in [0.717, 1.165) is 12.8 Å². The normalized spacial score (nSPS) is 11.4. The first kappa shape index (κ1) is 14.4. The van der Waals surface area contributed by atoms with Gasteiger partial charge in [-0.15, -0.1) is 0 Å². The second-order valence-electron chi connectivity index (χ2n) is 3.44. The van der Waals surface area contributed by atoms with E-state index in [2.05, 4.69) is 16.0 Å². The molecule has 1 unspecified atom stereocenters. The monoisotopic (exact) mass is 229 g/mol. The summed E-state index contributed by atoms with van der Waals surface area (Å²) in [5.74, 6) is -0.418. The van der Waals surface area contributed by atoms with E-state index in [9.17, 15) is 14.4 Å². The predicted octanol–water partition coefficient (Wildman–Crippen LogP) is -0.847. The minimum Gasteiger partial charge on any atom is -0.359 e. The van der Waals surface area contributed by atoms with Crippen LogP contribution < -0.4 is 16.0 Å². The van der Waals surface area contributed by atoms with Gasteiger partial charge in [0.05, 0.1) is 0 Å². The summed E-state index contributed by atoms with van der Waals surface area (Å²) in [6.07, 6.45) is 2.76. The highest BCUT2D eigenvalue weighted by molar-refractivity contribution is 5.86. The average molecular weight is 229 g/mol. The van der Waals surface area contributed by atoms with Crippen molar-refractivity contribution in [2.45, 2.75) is 32.2 Å². The summed E-state index contributed by atoms with van der Waals surface area (Å²) >= 11 is 0. The summed E-state index contributed by atoms with van der Waals surface area (Å²) in [5, 5.41) is 7.62. The number of carbonyl (C=O) groups is 3. The molecule has 92 valence electrons. The Balaban J connectivity index is 3.87. The third kappa shape index (κ3) is 6.80. The van der Waals surface area contributed by atoms with Crippen molar-refractivity contribution in [3.63, 3.8) is 0 Å². The van der Waals surface area contributed by atoms with Crippen molar-refractivity contribution >= 4 is 18.2 Å². The molecule has 0 aromatic heterocycles. The number of carbonyl (C=O) groups excluding carboxylic acids is 3. The van der Waals surface area contributed by atoms with Gasteiger partial charge in [0.1, 0.15) is 6.04 Å². The molecule has 3 N–H and O–H groups in total. The van der Waals surface area contributed by atoms with Crippen LogP contribution in [0.3, 0.4) is 0 Å². The maximum atomic E-state index is 11.4. The van der Waals surface area contributed by atoms with Crippen LogP contribution in [0.1, 0.15) is 26.2 Å². The fraction of sp³-hybridized carbons (Fsp3) is 0.700. The molecule has 0 spiro atoms. The highest BCUT2D eigenvalue weighted by Gasteiger charge is 2.16. The van der Waals surface area contributed by atoms with Gasteiger partial charge in [0.15, 0.2) is 0 Å². The van der Waals surface area contributed by atoms with E-state index >= 15 is 0 Å². The third-order valence-corrected chi connectivity index (χ3v) is 2.09. The molecule has 0 bridgehead atoms. The van der Waals surface area contributed by atoms with Crippen LogP contribution in [0.15, 0.2) is 0 Å². The molecule has 0 fully saturated rings. The molecule has 0 aromatic carbocycles. The van der Waals surface area contributed by atoms with Gasteiger partial charge >= 0.3 is 0 Å². The predicted molar refractivity (Wildman–Crippen MR) is 59.6 cm³/mol. The number of hydrogen-bond donors (Lipinski definition) is 3. The van der Waals surface area contributed by atoms with Crippen molar-refractivity contribution in [3.8, 4) is 0 Å². The van der Waals surface area contributed by atoms with Crippen LogP contribution in [0.4, 0.5) is 0 Å². The fourth-order valence-corrected chi connectivity index (χ4v) is 1.32. The highest BCUT2D eigenvalue weighted by Crippen LogP contribution is 2.00. The van der Waals surface area contributed by atoms with Gasteiger partial charge in [0, 0.05) is 20.5 Å². The Bertz CT molecular complexity index is 243. The lowest BCUT2D eigenvalue weighted by Crippen LogP contribution is -2.44. The van der Waals surface area contributed by atoms with Crippen LogP contribution in [0, 0.1) is 0 Å². The van der Waals surface area contributed by atoms with Gasteiger partial charge in [-0.2, -0.15) is 0 Å². The van der Waals surface area contributed by atoms with Crippen molar-refractivity contribution < 1.29 is 14.4 Å². The second-order valence-corrected chi connectivity index (χ2v) is 3.44. The topological polar surface area (TPSA) is 87.3 Å². The summed E-state index contributed by atoms with van der Waals surface area (Å²) < 4.78 is 0. The molecule has 0 radical (unpaired) electrons. The van der Waals surface area contributed by atoms with Crippen molar-refractivity contribution in [3.05, 3.63) is 0 Å². The molecule has 0 rings (SSSR count). The molecular formula is C10H19N3O3. The van der Waals surface area contributed by atoms with Crippen LogP contribution in [-0.4, -0.2) is 37.9 Å². The zero-order chi connectivity index (χ0) is 12.4. The second kappa shape index (κ2) is 8.70. The fourth-order valence-electron chi connectivity index (χ4n) is 1.32. The molecule has 0 aliphatic carbocycles. The Labute approximate surface area is 95.2 Å². The first-order valence-corrected chi connectivity index (χ1v) is 5.27. The van der Waals surface area contributed by atoms with E-state index in [0.29, 0.717) is 19.4 Å². The maximum Gasteiger partial charge on any atom is 0.242 e. The van der Waals surface area contributed by atoms with E-state index in [4.69, 9.17) is 0 Å². The van der Waals surface area contributed by atoms with Gasteiger partial charge in [0.2, 0.25) is 18.2 Å². The van der Waals surface area contributed by atoms with Crippen LogP contribution >= 0.6 is 0 Å². The number of rotatable bonds is 8. The van der Waals surface area contributed by atoms with E-state index in [-0.39, 0.29) is 11.8 Å². The van der Waals surface area contributed by atoms with Crippen molar-refractivity contribution in [2.75, 3.05) is 13.6 Å². The van der Waals surface area contributed by atoms with Crippen LogP contribution in [0.5, 0.6) is 0 Å². The number of unbranched alkanes of at least 4 members (excludes halogenated alkanes) is 1. The summed E-state index contributed by atoms with van der Waals surface area (Å²) in [6, 6.07) is -0.487. The minimum atomic E-state index is -0.487. The standard InChI is InChI=1S/C10H19N3O3/c1-8(15)13-9(10(16)11-2)5-3-4-6-12-7-14/h7,9H,3-6H2,1-2H3,(H,11,16)(H,12,14)(H,13,15). The molecule has 16 heavy (non-hydrogen) atoms. The van der Waals surface area contributed by atoms with Gasteiger partial charge in [-0.05, 0) is 19.3 Å². The number of nitrogens with one attached hydrogen (secondary N) is 3. The number of likely N-dealkylation sites (N-methyl/N-ethyl adjacent to an activating group) is 1. The lowest BCUT2D eigenvalue weighted by molar-refractivity contribution is -0.127. The Morgan fingerprint density at radius 1 is 1.31 bits per heavy atom. The van der Waals surface area contributed by atoms with Gasteiger partial charge in [0.25, 0.3) is 0 Å². The third-order valence-electron chi connectivity index (χ3n) is 2.09. The Hall–Kier alpha value is -1.59. The van der Waals surface area contributed by atoms with E-state index in [1.54, 1.807) is 0 Å². The molecule has 0 heterocycles. The first-order valence-electron chi connectivity index (χ1n) is 5.27. The highest BCUT2D eigenvalue weighted by atomic mass is 16.2. The number of hydrogen-bond acceptors (Lipinski definition) is 3. The van der Waals surface area contributed by atoms with Crippen molar-refractivity contribution in [2.24, 2.45) is 0 Å². The summed E-state index contributed by atoms with van der Waals surface area (Å²) in [7, 11) is 1.53. The summed E-state index contributed by atoms with van der Waals surface area (Å²) in [4.78, 5) is 32.2. The average Bonchev–Trinajstić information content (AvgIpc) is 2.25. The zero-order valence-electron chi connectivity index (χ0n) is 9.71. The summed E-state index contributed by atoms with van der Waals surface area (Å²) in [5.41, 5.74) is 0. The molecule has 0 aliphatic rings. The molecule has 0 aliphatic heterocycles. The molecule has 3 amide bonds. The van der Waals surface area contributed by atoms with Crippen LogP contribution in [0.25, 0.3) is 0 Å². The molecule has 0 saturated carbocycles. The quantitative estimate of drug-likeness (QED) is 0.374. The Kier molecular flexibility index (Phi) is 7.83. The van der Waals surface area contributed by atoms with Crippen molar-refractivity contribution in [1.29, 1.82) is 0 Å². The minimum absolute atomic E-state index is 0.196. The molecule has 0 aromatic rings. The van der Waals surface area contributed by atoms with Gasteiger partial charge in [-0.1, -0.05) is 0 Å². The molecule has 0 saturated heterocycles. The summed E-state index contributed by atoms with van der Waals surface area (Å²) in [6.45, 7) is 1.97. The molecular weight excluding hydrogens is 210 g/mol. The van der Waals surface area contributed by atoms with E-state index < -0.39 is 6.04 Å². The molecule has 6 heteroatoms. The smallest absolute Gasteiger partial charge is 0.242 e. The SMILES string of the molecule is CNC(=O)C(CCCCNC=O)NC(C)=O. The largest absolute Gasteiger partial charge is 0.359 e. The van der Waals surface area contributed by atoms with Crippen molar-refractivity contribution in [1.82, 2.24) is 16.0 Å². The zero-order valence-corrected chi connectivity index (χ0v) is 9.71. The van der Waals surface area contributed by atoms with E-state index in [1.807, 2.05) is 0 Å². The van der Waals surface area contributed by atoms with E-state index in [1.165, 1.54) is 14.0 Å². The number of amides is 3. The van der Waals surface area contributed by atoms with Gasteiger partial charge in [-0.3, -0.25) is 14.4 Å².